The lowest BCUT2D eigenvalue weighted by molar-refractivity contribution is 0.808. The Morgan fingerprint density at radius 3 is 2.71 bits per heavy atom. The van der Waals surface area contributed by atoms with Crippen LogP contribution in [0.1, 0.15) is 18.3 Å². The third-order valence-electron chi connectivity index (χ3n) is 4.04. The lowest BCUT2D eigenvalue weighted by Crippen LogP contribution is -2.21. The van der Waals surface area contributed by atoms with Gasteiger partial charge in [-0.1, -0.05) is 19.1 Å². The van der Waals surface area contributed by atoms with Gasteiger partial charge >= 0.3 is 0 Å². The SMILES string of the molecule is CCc1cc(N(C)Cc2cnc3ccccc3n2)n2nccc2n1. The zero-order valence-electron chi connectivity index (χ0n) is 13.7. The number of nitrogens with zero attached hydrogens (tertiary/aromatic N) is 6. The van der Waals surface area contributed by atoms with E-state index in [0.29, 0.717) is 6.54 Å². The van der Waals surface area contributed by atoms with Crippen molar-refractivity contribution >= 4 is 22.5 Å². The van der Waals surface area contributed by atoms with Gasteiger partial charge < -0.3 is 4.90 Å². The summed E-state index contributed by atoms with van der Waals surface area (Å²) in [5.74, 6) is 0.997. The zero-order chi connectivity index (χ0) is 16.5. The molecule has 0 unspecified atom stereocenters. The summed E-state index contributed by atoms with van der Waals surface area (Å²) in [4.78, 5) is 15.9. The van der Waals surface area contributed by atoms with Crippen LogP contribution in [0.3, 0.4) is 0 Å². The Hall–Kier alpha value is -3.02. The highest BCUT2D eigenvalue weighted by atomic mass is 15.3. The second-order valence-electron chi connectivity index (χ2n) is 5.77. The summed E-state index contributed by atoms with van der Waals surface area (Å²) in [6, 6.07) is 11.9. The number of aromatic nitrogens is 5. The van der Waals surface area contributed by atoms with E-state index in [9.17, 15) is 0 Å². The van der Waals surface area contributed by atoms with E-state index < -0.39 is 0 Å². The lowest BCUT2D eigenvalue weighted by atomic mass is 10.3. The molecule has 0 aliphatic heterocycles. The van der Waals surface area contributed by atoms with E-state index in [0.717, 1.165) is 40.3 Å². The summed E-state index contributed by atoms with van der Waals surface area (Å²) in [5.41, 5.74) is 4.66. The molecule has 0 saturated heterocycles. The third kappa shape index (κ3) is 2.56. The molecule has 1 aromatic carbocycles. The van der Waals surface area contributed by atoms with E-state index in [2.05, 4.69) is 33.0 Å². The topological polar surface area (TPSA) is 59.2 Å². The van der Waals surface area contributed by atoms with Gasteiger partial charge in [0.1, 0.15) is 5.82 Å². The van der Waals surface area contributed by atoms with Gasteiger partial charge in [-0.05, 0) is 18.6 Å². The van der Waals surface area contributed by atoms with Crippen molar-refractivity contribution < 1.29 is 0 Å². The van der Waals surface area contributed by atoms with Gasteiger partial charge in [0.15, 0.2) is 5.65 Å². The van der Waals surface area contributed by atoms with Gasteiger partial charge in [-0.15, -0.1) is 0 Å². The lowest BCUT2D eigenvalue weighted by Gasteiger charge is -2.20. The molecule has 0 radical (unpaired) electrons. The molecule has 0 bridgehead atoms. The minimum atomic E-state index is 0.653. The molecule has 0 fully saturated rings. The van der Waals surface area contributed by atoms with Crippen molar-refractivity contribution in [2.75, 3.05) is 11.9 Å². The number of rotatable bonds is 4. The monoisotopic (exact) mass is 318 g/mol. The highest BCUT2D eigenvalue weighted by molar-refractivity contribution is 5.73. The maximum absolute atomic E-state index is 4.70. The summed E-state index contributed by atoms with van der Waals surface area (Å²) in [6.45, 7) is 2.76. The number of hydrogen-bond acceptors (Lipinski definition) is 5. The van der Waals surface area contributed by atoms with Crippen LogP contribution in [0.4, 0.5) is 5.82 Å². The van der Waals surface area contributed by atoms with Crippen molar-refractivity contribution in [1.29, 1.82) is 0 Å². The molecule has 24 heavy (non-hydrogen) atoms. The first-order chi connectivity index (χ1) is 11.7. The van der Waals surface area contributed by atoms with E-state index in [1.54, 1.807) is 6.20 Å². The number of hydrogen-bond donors (Lipinski definition) is 0. The second-order valence-corrected chi connectivity index (χ2v) is 5.77. The maximum Gasteiger partial charge on any atom is 0.157 e. The summed E-state index contributed by atoms with van der Waals surface area (Å²) < 4.78 is 1.85. The average molecular weight is 318 g/mol. The molecule has 120 valence electrons. The van der Waals surface area contributed by atoms with Crippen LogP contribution in [0, 0.1) is 0 Å². The van der Waals surface area contributed by atoms with E-state index in [-0.39, 0.29) is 0 Å². The molecule has 0 amide bonds. The van der Waals surface area contributed by atoms with Gasteiger partial charge in [-0.25, -0.2) is 9.97 Å². The molecule has 4 rings (SSSR count). The minimum Gasteiger partial charge on any atom is -0.354 e. The first-order valence-electron chi connectivity index (χ1n) is 8.00. The van der Waals surface area contributed by atoms with Crippen LogP contribution in [0.5, 0.6) is 0 Å². The minimum absolute atomic E-state index is 0.653. The molecule has 6 nitrogen and oxygen atoms in total. The molecule has 0 N–H and O–H groups in total. The van der Waals surface area contributed by atoms with Gasteiger partial charge in [0, 0.05) is 24.9 Å². The molecule has 6 heteroatoms. The van der Waals surface area contributed by atoms with Crippen LogP contribution in [-0.4, -0.2) is 31.6 Å². The van der Waals surface area contributed by atoms with E-state index in [1.165, 1.54) is 0 Å². The standard InChI is InChI=1S/C18H18N6/c1-3-13-10-18(24-17(22-13)8-9-20-24)23(2)12-14-11-19-15-6-4-5-7-16(15)21-14/h4-11H,3,12H2,1-2H3. The Morgan fingerprint density at radius 2 is 1.88 bits per heavy atom. The van der Waals surface area contributed by atoms with Crippen molar-refractivity contribution in [3.8, 4) is 0 Å². The fourth-order valence-corrected chi connectivity index (χ4v) is 2.80. The third-order valence-corrected chi connectivity index (χ3v) is 4.04. The summed E-state index contributed by atoms with van der Waals surface area (Å²) in [6.07, 6.45) is 4.49. The van der Waals surface area contributed by atoms with Gasteiger partial charge in [0.25, 0.3) is 0 Å². The van der Waals surface area contributed by atoms with Crippen molar-refractivity contribution in [3.63, 3.8) is 0 Å². The van der Waals surface area contributed by atoms with Crippen LogP contribution >= 0.6 is 0 Å². The normalized spacial score (nSPS) is 11.2. The zero-order valence-corrected chi connectivity index (χ0v) is 13.7. The van der Waals surface area contributed by atoms with Gasteiger partial charge in [0.05, 0.1) is 35.7 Å². The number of para-hydroxylation sites is 2. The smallest absolute Gasteiger partial charge is 0.157 e. The fraction of sp³-hybridized carbons (Fsp3) is 0.222. The molecule has 0 spiro atoms. The molecule has 0 atom stereocenters. The maximum atomic E-state index is 4.70. The molecule has 0 aliphatic carbocycles. The van der Waals surface area contributed by atoms with Crippen LogP contribution < -0.4 is 4.90 Å². The Labute approximate surface area is 139 Å². The van der Waals surface area contributed by atoms with Crippen molar-refractivity contribution in [1.82, 2.24) is 24.6 Å². The van der Waals surface area contributed by atoms with Crippen LogP contribution in [0.25, 0.3) is 16.7 Å². The van der Waals surface area contributed by atoms with Gasteiger partial charge in [-0.2, -0.15) is 9.61 Å². The number of anilines is 1. The Balaban J connectivity index is 1.70. The molecule has 3 aromatic heterocycles. The van der Waals surface area contributed by atoms with Crippen LogP contribution in [-0.2, 0) is 13.0 Å². The van der Waals surface area contributed by atoms with Crippen LogP contribution in [0.2, 0.25) is 0 Å². The molecule has 0 aliphatic rings. The largest absolute Gasteiger partial charge is 0.354 e. The summed E-state index contributed by atoms with van der Waals surface area (Å²) in [5, 5.41) is 4.38. The second kappa shape index (κ2) is 5.88. The highest BCUT2D eigenvalue weighted by Crippen LogP contribution is 2.18. The average Bonchev–Trinajstić information content (AvgIpc) is 3.09. The van der Waals surface area contributed by atoms with Crippen molar-refractivity contribution in [2.45, 2.75) is 19.9 Å². The van der Waals surface area contributed by atoms with E-state index in [1.807, 2.05) is 48.1 Å². The Morgan fingerprint density at radius 1 is 1.04 bits per heavy atom. The van der Waals surface area contributed by atoms with Gasteiger partial charge in [-0.3, -0.25) is 4.98 Å². The quantitative estimate of drug-likeness (QED) is 0.579. The fourth-order valence-electron chi connectivity index (χ4n) is 2.80. The van der Waals surface area contributed by atoms with E-state index in [4.69, 9.17) is 4.98 Å². The molecular formula is C18H18N6. The van der Waals surface area contributed by atoms with Crippen LogP contribution in [0.15, 0.2) is 48.8 Å². The van der Waals surface area contributed by atoms with Crippen molar-refractivity contribution in [2.24, 2.45) is 0 Å². The predicted octanol–water partition coefficient (Wildman–Crippen LogP) is 2.87. The molecule has 4 aromatic rings. The van der Waals surface area contributed by atoms with E-state index >= 15 is 0 Å². The highest BCUT2D eigenvalue weighted by Gasteiger charge is 2.11. The predicted molar refractivity (Wildman–Crippen MR) is 94.0 cm³/mol. The Kier molecular flexibility index (Phi) is 3.57. The van der Waals surface area contributed by atoms with Gasteiger partial charge in [0.2, 0.25) is 0 Å². The molecular weight excluding hydrogens is 300 g/mol. The summed E-state index contributed by atoms with van der Waals surface area (Å²) in [7, 11) is 2.03. The number of fused-ring (bicyclic) bond motifs is 2. The molecule has 0 saturated carbocycles. The van der Waals surface area contributed by atoms with Crippen molar-refractivity contribution in [3.05, 3.63) is 60.2 Å². The Bertz CT molecular complexity index is 1010. The number of aryl methyl sites for hydroxylation is 1. The number of benzene rings is 1. The summed E-state index contributed by atoms with van der Waals surface area (Å²) >= 11 is 0. The first-order valence-corrected chi connectivity index (χ1v) is 8.00. The molecule has 3 heterocycles. The first kappa shape index (κ1) is 14.6.